The molecule has 0 saturated carbocycles. The van der Waals surface area contributed by atoms with Gasteiger partial charge >= 0.3 is 0 Å². The maximum absolute atomic E-state index is 12.3. The number of aliphatic hydroxyl groups is 2. The lowest BCUT2D eigenvalue weighted by Crippen LogP contribution is -2.20. The van der Waals surface area contributed by atoms with E-state index >= 15 is 0 Å². The molecule has 0 radical (unpaired) electrons. The van der Waals surface area contributed by atoms with E-state index in [2.05, 4.69) is 0 Å². The molecule has 0 saturated heterocycles. The number of ketones is 3. The number of hydrogen-bond acceptors (Lipinski definition) is 5. The molecular weight excluding hydrogens is 320 g/mol. The van der Waals surface area contributed by atoms with Crippen molar-refractivity contribution in [2.24, 2.45) is 0 Å². The minimum Gasteiger partial charge on any atom is -0.504 e. The molecule has 0 amide bonds. The van der Waals surface area contributed by atoms with Crippen molar-refractivity contribution in [1.82, 2.24) is 0 Å². The second-order valence-corrected chi connectivity index (χ2v) is 5.62. The molecule has 124 valence electrons. The van der Waals surface area contributed by atoms with Crippen LogP contribution in [0.4, 0.5) is 0 Å². The number of allylic oxidation sites excluding steroid dienone is 2. The maximum Gasteiger partial charge on any atom is 0.227 e. The van der Waals surface area contributed by atoms with Crippen molar-refractivity contribution in [1.29, 1.82) is 0 Å². The monoisotopic (exact) mass is 334 g/mol. The van der Waals surface area contributed by atoms with Crippen LogP contribution in [0.3, 0.4) is 0 Å². The highest BCUT2D eigenvalue weighted by Crippen LogP contribution is 2.21. The predicted molar refractivity (Wildman–Crippen MR) is 90.4 cm³/mol. The zero-order valence-electron chi connectivity index (χ0n) is 13.1. The largest absolute Gasteiger partial charge is 0.504 e. The smallest absolute Gasteiger partial charge is 0.227 e. The summed E-state index contributed by atoms with van der Waals surface area (Å²) in [6, 6.07) is 15.4. The average Bonchev–Trinajstić information content (AvgIpc) is 2.64. The summed E-state index contributed by atoms with van der Waals surface area (Å²) < 4.78 is 0. The number of benzene rings is 2. The molecule has 0 aromatic heterocycles. The van der Waals surface area contributed by atoms with Gasteiger partial charge in [0.15, 0.2) is 17.3 Å². The van der Waals surface area contributed by atoms with Crippen LogP contribution in [-0.2, 0) is 16.0 Å². The fourth-order valence-electron chi connectivity index (χ4n) is 2.57. The Hall–Kier alpha value is -3.47. The van der Waals surface area contributed by atoms with E-state index < -0.39 is 23.1 Å². The molecule has 25 heavy (non-hydrogen) atoms. The van der Waals surface area contributed by atoms with E-state index in [1.54, 1.807) is 48.5 Å². The summed E-state index contributed by atoms with van der Waals surface area (Å²) in [5.74, 6) is -3.05. The molecular formula is C20H14O5. The number of hydrogen-bond donors (Lipinski definition) is 2. The molecule has 0 spiro atoms. The fourth-order valence-corrected chi connectivity index (χ4v) is 2.57. The van der Waals surface area contributed by atoms with Crippen LogP contribution < -0.4 is 0 Å². The summed E-state index contributed by atoms with van der Waals surface area (Å²) in [7, 11) is 0. The summed E-state index contributed by atoms with van der Waals surface area (Å²) in [5, 5.41) is 19.2. The number of carbonyl (C=O) groups excluding carboxylic acids is 3. The number of carbonyl (C=O) groups is 3. The van der Waals surface area contributed by atoms with Gasteiger partial charge in [-0.25, -0.2) is 0 Å². The van der Waals surface area contributed by atoms with Crippen LogP contribution in [-0.4, -0.2) is 27.6 Å². The fraction of sp³-hybridized carbons (Fsp3) is 0.0500. The van der Waals surface area contributed by atoms with Crippen LogP contribution >= 0.6 is 0 Å². The minimum absolute atomic E-state index is 0.0197. The molecule has 2 N–H and O–H groups in total. The van der Waals surface area contributed by atoms with Crippen LogP contribution in [0.1, 0.15) is 21.5 Å². The van der Waals surface area contributed by atoms with E-state index in [1.165, 1.54) is 0 Å². The Balaban J connectivity index is 1.82. The lowest BCUT2D eigenvalue weighted by Gasteiger charge is -2.12. The van der Waals surface area contributed by atoms with Crippen molar-refractivity contribution in [3.8, 4) is 0 Å². The van der Waals surface area contributed by atoms with Gasteiger partial charge in [-0.05, 0) is 5.56 Å². The van der Waals surface area contributed by atoms with Gasteiger partial charge in [0.1, 0.15) is 0 Å². The van der Waals surface area contributed by atoms with E-state index in [0.717, 1.165) is 0 Å². The molecule has 0 fully saturated rings. The summed E-state index contributed by atoms with van der Waals surface area (Å²) in [5.41, 5.74) is 1.52. The van der Waals surface area contributed by atoms with E-state index in [1.807, 2.05) is 6.07 Å². The van der Waals surface area contributed by atoms with Gasteiger partial charge in [-0.1, -0.05) is 54.6 Å². The Morgan fingerprint density at radius 1 is 0.840 bits per heavy atom. The highest BCUT2D eigenvalue weighted by Gasteiger charge is 2.28. The summed E-state index contributed by atoms with van der Waals surface area (Å²) in [6.07, 6.45) is 0.677. The van der Waals surface area contributed by atoms with Crippen molar-refractivity contribution in [3.05, 3.63) is 94.5 Å². The summed E-state index contributed by atoms with van der Waals surface area (Å²) in [6.45, 7) is 0. The third kappa shape index (κ3) is 3.26. The number of aliphatic hydroxyl groups excluding tert-OH is 2. The average molecular weight is 334 g/mol. The van der Waals surface area contributed by atoms with Crippen LogP contribution in [0.2, 0.25) is 0 Å². The zero-order chi connectivity index (χ0) is 18.0. The predicted octanol–water partition coefficient (Wildman–Crippen LogP) is 2.87. The first-order valence-corrected chi connectivity index (χ1v) is 7.58. The van der Waals surface area contributed by atoms with Crippen molar-refractivity contribution in [2.45, 2.75) is 6.42 Å². The maximum atomic E-state index is 12.3. The Morgan fingerprint density at radius 3 is 2.08 bits per heavy atom. The Kier molecular flexibility index (Phi) is 4.31. The molecule has 0 unspecified atom stereocenters. The number of rotatable bonds is 4. The minimum atomic E-state index is -0.803. The van der Waals surface area contributed by atoms with Gasteiger partial charge < -0.3 is 10.2 Å². The van der Waals surface area contributed by atoms with Gasteiger partial charge in [0.05, 0.1) is 5.57 Å². The summed E-state index contributed by atoms with van der Waals surface area (Å²) >= 11 is 0. The molecule has 0 atom stereocenters. The number of Topliss-reactive ketones (excluding diaryl/α,β-unsaturated/α-hetero) is 1. The normalized spacial score (nSPS) is 14.5. The van der Waals surface area contributed by atoms with Crippen molar-refractivity contribution < 1.29 is 24.6 Å². The van der Waals surface area contributed by atoms with Gasteiger partial charge in [-0.2, -0.15) is 0 Å². The molecule has 2 aromatic carbocycles. The molecule has 0 bridgehead atoms. The Bertz CT molecular complexity index is 918. The molecule has 1 aliphatic rings. The Labute approximate surface area is 143 Å². The van der Waals surface area contributed by atoms with Gasteiger partial charge in [0.25, 0.3) is 0 Å². The highest BCUT2D eigenvalue weighted by molar-refractivity contribution is 6.20. The van der Waals surface area contributed by atoms with E-state index in [0.29, 0.717) is 22.8 Å². The third-order valence-corrected chi connectivity index (χ3v) is 3.93. The topological polar surface area (TPSA) is 91.7 Å². The lowest BCUT2D eigenvalue weighted by atomic mass is 9.93. The van der Waals surface area contributed by atoms with E-state index in [4.69, 9.17) is 0 Å². The Morgan fingerprint density at radius 2 is 1.44 bits per heavy atom. The zero-order valence-corrected chi connectivity index (χ0v) is 13.1. The molecule has 0 aliphatic heterocycles. The summed E-state index contributed by atoms with van der Waals surface area (Å²) in [4.78, 5) is 35.8. The van der Waals surface area contributed by atoms with Gasteiger partial charge in [0, 0.05) is 23.6 Å². The van der Waals surface area contributed by atoms with E-state index in [9.17, 15) is 24.6 Å². The van der Waals surface area contributed by atoms with Gasteiger partial charge in [-0.3, -0.25) is 14.4 Å². The van der Waals surface area contributed by atoms with E-state index in [-0.39, 0.29) is 17.8 Å². The first-order chi connectivity index (χ1) is 12.0. The van der Waals surface area contributed by atoms with Crippen LogP contribution in [0.5, 0.6) is 0 Å². The quantitative estimate of drug-likeness (QED) is 0.662. The van der Waals surface area contributed by atoms with Crippen LogP contribution in [0.15, 0.2) is 77.8 Å². The SMILES string of the molecule is O=C1C=C(O)C(=O)C(Cc2ccc(C(=O)c3ccccc3)cc2)=C1O. The molecule has 5 heteroatoms. The van der Waals surface area contributed by atoms with Crippen LogP contribution in [0, 0.1) is 0 Å². The molecule has 1 aliphatic carbocycles. The first kappa shape index (κ1) is 16.4. The molecule has 2 aromatic rings. The van der Waals surface area contributed by atoms with Gasteiger partial charge in [-0.15, -0.1) is 0 Å². The second kappa shape index (κ2) is 6.57. The van der Waals surface area contributed by atoms with Crippen molar-refractivity contribution in [2.75, 3.05) is 0 Å². The lowest BCUT2D eigenvalue weighted by molar-refractivity contribution is -0.119. The highest BCUT2D eigenvalue weighted by atomic mass is 16.3. The third-order valence-electron chi connectivity index (χ3n) is 3.93. The molecule has 3 rings (SSSR count). The first-order valence-electron chi connectivity index (χ1n) is 7.58. The van der Waals surface area contributed by atoms with Crippen molar-refractivity contribution in [3.63, 3.8) is 0 Å². The molecule has 0 heterocycles. The standard InChI is InChI=1S/C20H14O5/c21-16-11-17(22)20(25)15(19(16)24)10-12-6-8-14(9-7-12)18(23)13-4-2-1-3-5-13/h1-9,11,21,25H,10H2. The van der Waals surface area contributed by atoms with Crippen LogP contribution in [0.25, 0.3) is 0 Å². The second-order valence-electron chi connectivity index (χ2n) is 5.62. The van der Waals surface area contributed by atoms with Gasteiger partial charge in [0.2, 0.25) is 11.6 Å². The molecule has 5 nitrogen and oxygen atoms in total. The van der Waals surface area contributed by atoms with Crippen molar-refractivity contribution >= 4 is 17.3 Å².